The molecule has 8 heteroatoms. The number of anilines is 1. The average molecular weight is 398 g/mol. The van der Waals surface area contributed by atoms with Crippen molar-refractivity contribution in [3.05, 3.63) is 57.8 Å². The van der Waals surface area contributed by atoms with Crippen molar-refractivity contribution in [1.29, 1.82) is 0 Å². The normalized spacial score (nSPS) is 18.6. The standard InChI is InChI=1S/C21H23FN4O3/c22-16-5-3-6-17(12-16)25-13-15(11-19(25)27)21(29)23-8-9-26-20(28)10-14-4-1-2-7-18(14)24-26/h3,5-6,10,12,15H,1-2,4,7-9,11,13H2,(H,23,29)/t15-/m1/s1. The summed E-state index contributed by atoms with van der Waals surface area (Å²) in [5, 5.41) is 7.23. The molecule has 1 atom stereocenters. The molecular formula is C21H23FN4O3. The van der Waals surface area contributed by atoms with Gasteiger partial charge in [0.2, 0.25) is 11.8 Å². The molecule has 2 aromatic rings. The number of nitrogens with one attached hydrogen (secondary N) is 1. The largest absolute Gasteiger partial charge is 0.354 e. The van der Waals surface area contributed by atoms with Crippen LogP contribution in [0, 0.1) is 11.7 Å². The second-order valence-corrected chi connectivity index (χ2v) is 7.56. The summed E-state index contributed by atoms with van der Waals surface area (Å²) >= 11 is 0. The third-order valence-electron chi connectivity index (χ3n) is 5.51. The van der Waals surface area contributed by atoms with Crippen molar-refractivity contribution in [2.24, 2.45) is 5.92 Å². The van der Waals surface area contributed by atoms with Gasteiger partial charge in [0.1, 0.15) is 5.82 Å². The van der Waals surface area contributed by atoms with Gasteiger partial charge in [0, 0.05) is 31.3 Å². The Hall–Kier alpha value is -3.03. The van der Waals surface area contributed by atoms with Gasteiger partial charge in [0.05, 0.1) is 18.2 Å². The summed E-state index contributed by atoms with van der Waals surface area (Å²) in [6, 6.07) is 7.43. The van der Waals surface area contributed by atoms with Crippen LogP contribution >= 0.6 is 0 Å². The van der Waals surface area contributed by atoms with Crippen LogP contribution < -0.4 is 15.8 Å². The highest BCUT2D eigenvalue weighted by Crippen LogP contribution is 2.25. The third-order valence-corrected chi connectivity index (χ3v) is 5.51. The molecule has 1 aromatic carbocycles. The molecule has 1 aromatic heterocycles. The first-order chi connectivity index (χ1) is 14.0. The Morgan fingerprint density at radius 2 is 2.03 bits per heavy atom. The molecule has 1 aliphatic heterocycles. The SMILES string of the molecule is O=C(NCCn1nc2c(cc1=O)CCCC2)[C@@H]1CC(=O)N(c2cccc(F)c2)C1. The number of benzene rings is 1. The molecule has 1 saturated heterocycles. The fraction of sp³-hybridized carbons (Fsp3) is 0.429. The zero-order chi connectivity index (χ0) is 20.4. The predicted molar refractivity (Wildman–Crippen MR) is 105 cm³/mol. The molecule has 152 valence electrons. The maximum Gasteiger partial charge on any atom is 0.267 e. The van der Waals surface area contributed by atoms with E-state index >= 15 is 0 Å². The quantitative estimate of drug-likeness (QED) is 0.826. The summed E-state index contributed by atoms with van der Waals surface area (Å²) < 4.78 is 14.8. The van der Waals surface area contributed by atoms with E-state index in [1.807, 2.05) is 0 Å². The van der Waals surface area contributed by atoms with Crippen LogP contribution in [0.1, 0.15) is 30.5 Å². The van der Waals surface area contributed by atoms with Gasteiger partial charge in [0.15, 0.2) is 0 Å². The number of hydrogen-bond acceptors (Lipinski definition) is 4. The molecule has 4 rings (SSSR count). The second kappa shape index (κ2) is 8.14. The highest BCUT2D eigenvalue weighted by molar-refractivity contribution is 6.00. The van der Waals surface area contributed by atoms with Gasteiger partial charge in [-0.25, -0.2) is 9.07 Å². The molecule has 29 heavy (non-hydrogen) atoms. The predicted octanol–water partition coefficient (Wildman–Crippen LogP) is 1.43. The van der Waals surface area contributed by atoms with E-state index in [2.05, 4.69) is 10.4 Å². The van der Waals surface area contributed by atoms with Crippen molar-refractivity contribution in [3.8, 4) is 0 Å². The van der Waals surface area contributed by atoms with Gasteiger partial charge in [-0.05, 0) is 49.4 Å². The third kappa shape index (κ3) is 4.21. The summed E-state index contributed by atoms with van der Waals surface area (Å²) in [6.07, 6.45) is 4.02. The van der Waals surface area contributed by atoms with Crippen molar-refractivity contribution in [2.45, 2.75) is 38.6 Å². The number of aryl methyl sites for hydroxylation is 2. The minimum Gasteiger partial charge on any atom is -0.354 e. The van der Waals surface area contributed by atoms with Crippen LogP contribution in [0.3, 0.4) is 0 Å². The van der Waals surface area contributed by atoms with E-state index in [0.717, 1.165) is 36.9 Å². The summed E-state index contributed by atoms with van der Waals surface area (Å²) in [5.74, 6) is -1.38. The lowest BCUT2D eigenvalue weighted by Gasteiger charge is -2.17. The second-order valence-electron chi connectivity index (χ2n) is 7.56. The van der Waals surface area contributed by atoms with E-state index in [-0.39, 0.29) is 43.4 Å². The van der Waals surface area contributed by atoms with E-state index in [1.54, 1.807) is 12.1 Å². The lowest BCUT2D eigenvalue weighted by atomic mass is 9.97. The van der Waals surface area contributed by atoms with E-state index in [1.165, 1.54) is 27.8 Å². The Kier molecular flexibility index (Phi) is 5.42. The molecule has 0 radical (unpaired) electrons. The first kappa shape index (κ1) is 19.3. The van der Waals surface area contributed by atoms with Gasteiger partial charge in [-0.3, -0.25) is 14.4 Å². The summed E-state index contributed by atoms with van der Waals surface area (Å²) in [5.41, 5.74) is 2.29. The highest BCUT2D eigenvalue weighted by atomic mass is 19.1. The lowest BCUT2D eigenvalue weighted by Crippen LogP contribution is -2.37. The number of fused-ring (bicyclic) bond motifs is 1. The molecule has 2 heterocycles. The minimum atomic E-state index is -0.501. The number of rotatable bonds is 5. The van der Waals surface area contributed by atoms with Crippen molar-refractivity contribution in [2.75, 3.05) is 18.0 Å². The van der Waals surface area contributed by atoms with Gasteiger partial charge >= 0.3 is 0 Å². The Labute approximate surface area is 167 Å². The fourth-order valence-corrected chi connectivity index (χ4v) is 3.97. The average Bonchev–Trinajstić information content (AvgIpc) is 3.10. The molecule has 2 aliphatic rings. The maximum atomic E-state index is 13.4. The Morgan fingerprint density at radius 3 is 2.86 bits per heavy atom. The smallest absolute Gasteiger partial charge is 0.267 e. The van der Waals surface area contributed by atoms with E-state index < -0.39 is 11.7 Å². The van der Waals surface area contributed by atoms with Crippen molar-refractivity contribution in [3.63, 3.8) is 0 Å². The van der Waals surface area contributed by atoms with E-state index in [0.29, 0.717) is 5.69 Å². The Balaban J connectivity index is 1.34. The monoisotopic (exact) mass is 398 g/mol. The Bertz CT molecular complexity index is 1000. The van der Waals surface area contributed by atoms with Crippen LogP contribution in [0.4, 0.5) is 10.1 Å². The van der Waals surface area contributed by atoms with Crippen molar-refractivity contribution in [1.82, 2.24) is 15.1 Å². The van der Waals surface area contributed by atoms with Gasteiger partial charge in [0.25, 0.3) is 5.56 Å². The minimum absolute atomic E-state index is 0.0827. The first-order valence-corrected chi connectivity index (χ1v) is 9.95. The molecule has 0 saturated carbocycles. The van der Waals surface area contributed by atoms with Gasteiger partial charge < -0.3 is 10.2 Å². The summed E-state index contributed by atoms with van der Waals surface area (Å²) in [6.45, 7) is 0.756. The number of nitrogens with zero attached hydrogens (tertiary/aromatic N) is 3. The number of hydrogen-bond donors (Lipinski definition) is 1. The molecule has 1 fully saturated rings. The van der Waals surface area contributed by atoms with E-state index in [4.69, 9.17) is 0 Å². The lowest BCUT2D eigenvalue weighted by molar-refractivity contribution is -0.126. The van der Waals surface area contributed by atoms with Crippen LogP contribution in [0.5, 0.6) is 0 Å². The maximum absolute atomic E-state index is 13.4. The molecular weight excluding hydrogens is 375 g/mol. The molecule has 7 nitrogen and oxygen atoms in total. The number of carbonyl (C=O) groups excluding carboxylic acids is 2. The highest BCUT2D eigenvalue weighted by Gasteiger charge is 2.35. The van der Waals surface area contributed by atoms with Crippen LogP contribution in [0.25, 0.3) is 0 Å². The number of halogens is 1. The van der Waals surface area contributed by atoms with Crippen molar-refractivity contribution < 1.29 is 14.0 Å². The zero-order valence-electron chi connectivity index (χ0n) is 16.1. The summed E-state index contributed by atoms with van der Waals surface area (Å²) in [4.78, 5) is 38.3. The Morgan fingerprint density at radius 1 is 1.21 bits per heavy atom. The fourth-order valence-electron chi connectivity index (χ4n) is 3.97. The molecule has 0 spiro atoms. The van der Waals surface area contributed by atoms with Gasteiger partial charge in [-0.1, -0.05) is 6.07 Å². The molecule has 0 bridgehead atoms. The van der Waals surface area contributed by atoms with Crippen molar-refractivity contribution >= 4 is 17.5 Å². The zero-order valence-corrected chi connectivity index (χ0v) is 16.1. The van der Waals surface area contributed by atoms with Crippen LogP contribution in [-0.2, 0) is 29.0 Å². The molecule has 1 N–H and O–H groups in total. The number of amides is 2. The topological polar surface area (TPSA) is 84.3 Å². The van der Waals surface area contributed by atoms with Crippen LogP contribution in [0.2, 0.25) is 0 Å². The first-order valence-electron chi connectivity index (χ1n) is 9.95. The van der Waals surface area contributed by atoms with Gasteiger partial charge in [-0.15, -0.1) is 0 Å². The van der Waals surface area contributed by atoms with E-state index in [9.17, 15) is 18.8 Å². The van der Waals surface area contributed by atoms with Gasteiger partial charge in [-0.2, -0.15) is 5.10 Å². The molecule has 1 aliphatic carbocycles. The molecule has 2 amide bonds. The van der Waals surface area contributed by atoms with Crippen LogP contribution in [0.15, 0.2) is 35.1 Å². The number of aromatic nitrogens is 2. The van der Waals surface area contributed by atoms with Crippen LogP contribution in [-0.4, -0.2) is 34.7 Å². The number of carbonyl (C=O) groups is 2. The molecule has 0 unspecified atom stereocenters. The summed E-state index contributed by atoms with van der Waals surface area (Å²) in [7, 11) is 0.